The maximum Gasteiger partial charge on any atom is 0.265 e. The summed E-state index contributed by atoms with van der Waals surface area (Å²) in [5.74, 6) is 0.0292. The summed E-state index contributed by atoms with van der Waals surface area (Å²) in [6.45, 7) is 0.259. The predicted molar refractivity (Wildman–Crippen MR) is 93.2 cm³/mol. The van der Waals surface area contributed by atoms with Crippen LogP contribution in [0.3, 0.4) is 0 Å². The van der Waals surface area contributed by atoms with Crippen molar-refractivity contribution >= 4 is 56.4 Å². The lowest BCUT2D eigenvalue weighted by Gasteiger charge is -2.29. The van der Waals surface area contributed by atoms with Crippen molar-refractivity contribution in [3.8, 4) is 5.75 Å². The predicted octanol–water partition coefficient (Wildman–Crippen LogP) is 3.21. The first-order valence-electron chi connectivity index (χ1n) is 6.76. The Morgan fingerprint density at radius 3 is 3.00 bits per heavy atom. The number of fused-ring (bicyclic) bond motifs is 1. The van der Waals surface area contributed by atoms with Crippen LogP contribution < -0.4 is 15.0 Å². The molecule has 0 aliphatic carbocycles. The average Bonchev–Trinajstić information content (AvgIpc) is 2.93. The number of nitrogens with zero attached hydrogens (tertiary/aromatic N) is 1. The Bertz CT molecular complexity index is 765. The van der Waals surface area contributed by atoms with Gasteiger partial charge in [0.25, 0.3) is 5.91 Å². The smallest absolute Gasteiger partial charge is 0.265 e. The third kappa shape index (κ3) is 3.68. The highest BCUT2D eigenvalue weighted by Crippen LogP contribution is 2.34. The minimum atomic E-state index is -0.271. The van der Waals surface area contributed by atoms with Crippen molar-refractivity contribution < 1.29 is 14.3 Å². The number of ether oxygens (including phenoxy) is 1. The molecule has 2 aromatic rings. The van der Waals surface area contributed by atoms with Crippen molar-refractivity contribution in [2.24, 2.45) is 0 Å². The number of carbonyl (C=O) groups is 2. The lowest BCUT2D eigenvalue weighted by molar-refractivity contribution is -0.125. The summed E-state index contributed by atoms with van der Waals surface area (Å²) >= 11 is 10.9. The quantitative estimate of drug-likeness (QED) is 0.834. The highest BCUT2D eigenvalue weighted by molar-refractivity contribution is 9.10. The Hall–Kier alpha value is -1.57. The van der Waals surface area contributed by atoms with Crippen LogP contribution in [-0.4, -0.2) is 25.0 Å². The van der Waals surface area contributed by atoms with E-state index in [9.17, 15) is 9.59 Å². The second-order valence-corrected chi connectivity index (χ2v) is 7.14. The Kier molecular flexibility index (Phi) is 4.89. The van der Waals surface area contributed by atoms with Gasteiger partial charge in [0, 0.05) is 14.4 Å². The fourth-order valence-electron chi connectivity index (χ4n) is 2.18. The normalized spacial score (nSPS) is 13.5. The van der Waals surface area contributed by atoms with Gasteiger partial charge in [0.2, 0.25) is 5.91 Å². The van der Waals surface area contributed by atoms with Gasteiger partial charge in [-0.15, -0.1) is 11.3 Å². The van der Waals surface area contributed by atoms with Crippen molar-refractivity contribution in [3.63, 3.8) is 0 Å². The zero-order chi connectivity index (χ0) is 16.4. The molecule has 0 spiro atoms. The molecule has 5 nitrogen and oxygen atoms in total. The molecule has 0 fully saturated rings. The van der Waals surface area contributed by atoms with E-state index in [2.05, 4.69) is 21.2 Å². The van der Waals surface area contributed by atoms with Crippen molar-refractivity contribution in [2.45, 2.75) is 6.54 Å². The van der Waals surface area contributed by atoms with Gasteiger partial charge in [-0.05, 0) is 45.6 Å². The maximum atomic E-state index is 12.2. The van der Waals surface area contributed by atoms with Gasteiger partial charge in [0.1, 0.15) is 12.3 Å². The summed E-state index contributed by atoms with van der Waals surface area (Å²) in [6, 6.07) is 6.92. The number of halogens is 2. The Morgan fingerprint density at radius 2 is 2.26 bits per heavy atom. The summed E-state index contributed by atoms with van der Waals surface area (Å²) in [7, 11) is 0. The SMILES string of the molecule is O=C(CN1C(=O)COc2ccc(Cl)cc21)NCc1sccc1Br. The molecule has 120 valence electrons. The van der Waals surface area contributed by atoms with Crippen LogP contribution in [0, 0.1) is 0 Å². The van der Waals surface area contributed by atoms with Crippen LogP contribution >= 0.6 is 38.9 Å². The molecule has 1 aromatic heterocycles. The number of hydrogen-bond acceptors (Lipinski definition) is 4. The minimum Gasteiger partial charge on any atom is -0.482 e. The zero-order valence-electron chi connectivity index (χ0n) is 11.8. The van der Waals surface area contributed by atoms with Crippen LogP contribution in [0.2, 0.25) is 5.02 Å². The van der Waals surface area contributed by atoms with Crippen LogP contribution in [0.5, 0.6) is 5.75 Å². The molecule has 0 bridgehead atoms. The van der Waals surface area contributed by atoms with E-state index >= 15 is 0 Å². The summed E-state index contributed by atoms with van der Waals surface area (Å²) < 4.78 is 6.31. The minimum absolute atomic E-state index is 0.0709. The first-order valence-corrected chi connectivity index (χ1v) is 8.81. The molecular formula is C15H12BrClN2O3S. The second kappa shape index (κ2) is 6.90. The lowest BCUT2D eigenvalue weighted by Crippen LogP contribution is -2.45. The number of benzene rings is 1. The van der Waals surface area contributed by atoms with Crippen LogP contribution in [0.25, 0.3) is 0 Å². The van der Waals surface area contributed by atoms with E-state index in [0.29, 0.717) is 23.0 Å². The Balaban J connectivity index is 1.69. The number of nitrogens with one attached hydrogen (secondary N) is 1. The summed E-state index contributed by atoms with van der Waals surface area (Å²) in [5.41, 5.74) is 0.515. The molecule has 0 atom stereocenters. The summed E-state index contributed by atoms with van der Waals surface area (Å²) in [6.07, 6.45) is 0. The van der Waals surface area contributed by atoms with Crippen LogP contribution in [0.1, 0.15) is 4.88 Å². The largest absolute Gasteiger partial charge is 0.482 e. The monoisotopic (exact) mass is 414 g/mol. The van der Waals surface area contributed by atoms with Gasteiger partial charge in [0.05, 0.1) is 12.2 Å². The maximum absolute atomic E-state index is 12.2. The van der Waals surface area contributed by atoms with Gasteiger partial charge in [0.15, 0.2) is 6.61 Å². The van der Waals surface area contributed by atoms with E-state index < -0.39 is 0 Å². The lowest BCUT2D eigenvalue weighted by atomic mass is 10.2. The van der Waals surface area contributed by atoms with Crippen molar-refractivity contribution in [3.05, 3.63) is 44.0 Å². The van der Waals surface area contributed by atoms with Crippen LogP contribution in [0.15, 0.2) is 34.1 Å². The standard InChI is InChI=1S/C15H12BrClN2O3S/c16-10-3-4-23-13(10)6-18-14(20)7-19-11-5-9(17)1-2-12(11)22-8-15(19)21/h1-5H,6-8H2,(H,18,20). The van der Waals surface area contributed by atoms with Gasteiger partial charge < -0.3 is 10.1 Å². The number of carbonyl (C=O) groups excluding carboxylic acids is 2. The number of amides is 2. The fraction of sp³-hybridized carbons (Fsp3) is 0.200. The number of anilines is 1. The first-order chi connectivity index (χ1) is 11.0. The van der Waals surface area contributed by atoms with Crippen molar-refractivity contribution in [2.75, 3.05) is 18.1 Å². The van der Waals surface area contributed by atoms with E-state index in [1.807, 2.05) is 11.4 Å². The average molecular weight is 416 g/mol. The van der Waals surface area contributed by atoms with Gasteiger partial charge in [-0.2, -0.15) is 0 Å². The van der Waals surface area contributed by atoms with Gasteiger partial charge in [-0.3, -0.25) is 14.5 Å². The third-order valence-corrected chi connectivity index (χ3v) is 5.46. The molecule has 1 N–H and O–H groups in total. The number of rotatable bonds is 4. The highest BCUT2D eigenvalue weighted by Gasteiger charge is 2.27. The molecule has 8 heteroatoms. The van der Waals surface area contributed by atoms with E-state index in [0.717, 1.165) is 9.35 Å². The molecule has 0 radical (unpaired) electrons. The van der Waals surface area contributed by atoms with E-state index in [4.69, 9.17) is 16.3 Å². The molecule has 1 aliphatic heterocycles. The molecule has 2 amide bonds. The van der Waals surface area contributed by atoms with Crippen LogP contribution in [0.4, 0.5) is 5.69 Å². The fourth-order valence-corrected chi connectivity index (χ4v) is 3.78. The molecule has 2 heterocycles. The molecule has 23 heavy (non-hydrogen) atoms. The topological polar surface area (TPSA) is 58.6 Å². The van der Waals surface area contributed by atoms with Gasteiger partial charge in [-0.1, -0.05) is 11.6 Å². The van der Waals surface area contributed by atoms with E-state index in [1.54, 1.807) is 29.5 Å². The molecule has 0 unspecified atom stereocenters. The van der Waals surface area contributed by atoms with Crippen molar-refractivity contribution in [1.82, 2.24) is 5.32 Å². The van der Waals surface area contributed by atoms with E-state index in [1.165, 1.54) is 4.90 Å². The number of hydrogen-bond donors (Lipinski definition) is 1. The highest BCUT2D eigenvalue weighted by atomic mass is 79.9. The van der Waals surface area contributed by atoms with Crippen LogP contribution in [-0.2, 0) is 16.1 Å². The Morgan fingerprint density at radius 1 is 1.43 bits per heavy atom. The van der Waals surface area contributed by atoms with Gasteiger partial charge >= 0.3 is 0 Å². The number of thiophene rings is 1. The molecule has 0 saturated heterocycles. The molecule has 1 aromatic carbocycles. The van der Waals surface area contributed by atoms with Crippen molar-refractivity contribution in [1.29, 1.82) is 0 Å². The van der Waals surface area contributed by atoms with Gasteiger partial charge in [-0.25, -0.2) is 0 Å². The molecular weight excluding hydrogens is 404 g/mol. The molecule has 3 rings (SSSR count). The first kappa shape index (κ1) is 16.3. The van der Waals surface area contributed by atoms with E-state index in [-0.39, 0.29) is 25.0 Å². The molecule has 1 aliphatic rings. The zero-order valence-corrected chi connectivity index (χ0v) is 15.0. The summed E-state index contributed by atoms with van der Waals surface area (Å²) in [5, 5.41) is 5.23. The molecule has 0 saturated carbocycles. The second-order valence-electron chi connectivity index (χ2n) is 4.85. The summed E-state index contributed by atoms with van der Waals surface area (Å²) in [4.78, 5) is 26.6. The third-order valence-electron chi connectivity index (χ3n) is 3.30. The Labute approximate surface area is 150 Å².